The largest absolute Gasteiger partial charge is 0.372 e. The third-order valence-corrected chi connectivity index (χ3v) is 3.51. The minimum Gasteiger partial charge on any atom is -0.372 e. The highest BCUT2D eigenvalue weighted by Crippen LogP contribution is 2.22. The fourth-order valence-electron chi connectivity index (χ4n) is 2.37. The first-order valence-electron chi connectivity index (χ1n) is 8.08. The van der Waals surface area contributed by atoms with Crippen LogP contribution in [0.15, 0.2) is 58.8 Å². The molecule has 4 nitrogen and oxygen atoms in total. The first-order valence-corrected chi connectivity index (χ1v) is 8.08. The molecule has 0 saturated heterocycles. The van der Waals surface area contributed by atoms with Crippen LogP contribution in [-0.2, 0) is 0 Å². The van der Waals surface area contributed by atoms with E-state index in [1.165, 1.54) is 5.69 Å². The zero-order valence-electron chi connectivity index (χ0n) is 13.8. The van der Waals surface area contributed by atoms with Crippen molar-refractivity contribution in [3.05, 3.63) is 54.1 Å². The molecule has 2 aromatic rings. The van der Waals surface area contributed by atoms with Gasteiger partial charge in [0.1, 0.15) is 6.29 Å². The monoisotopic (exact) mass is 309 g/mol. The van der Waals surface area contributed by atoms with Crippen LogP contribution in [0.4, 0.5) is 17.1 Å². The van der Waals surface area contributed by atoms with Crippen molar-refractivity contribution in [2.75, 3.05) is 18.0 Å². The van der Waals surface area contributed by atoms with E-state index in [0.29, 0.717) is 5.56 Å². The van der Waals surface area contributed by atoms with E-state index in [9.17, 15) is 4.79 Å². The Balaban J connectivity index is 2.06. The summed E-state index contributed by atoms with van der Waals surface area (Å²) in [5.74, 6) is 0. The number of hydrogen-bond donors (Lipinski definition) is 0. The average molecular weight is 309 g/mol. The summed E-state index contributed by atoms with van der Waals surface area (Å²) >= 11 is 0. The van der Waals surface area contributed by atoms with Crippen molar-refractivity contribution in [3.63, 3.8) is 0 Å². The van der Waals surface area contributed by atoms with Gasteiger partial charge < -0.3 is 4.90 Å². The van der Waals surface area contributed by atoms with E-state index >= 15 is 0 Å². The van der Waals surface area contributed by atoms with Gasteiger partial charge in [-0.25, -0.2) is 0 Å². The molecule has 2 aromatic carbocycles. The summed E-state index contributed by atoms with van der Waals surface area (Å²) in [7, 11) is 0. The van der Waals surface area contributed by atoms with E-state index in [2.05, 4.69) is 41.1 Å². The first kappa shape index (κ1) is 16.9. The van der Waals surface area contributed by atoms with Gasteiger partial charge >= 0.3 is 0 Å². The lowest BCUT2D eigenvalue weighted by Crippen LogP contribution is -2.24. The Morgan fingerprint density at radius 3 is 1.74 bits per heavy atom. The van der Waals surface area contributed by atoms with Gasteiger partial charge in [0, 0.05) is 24.3 Å². The lowest BCUT2D eigenvalue weighted by atomic mass is 10.2. The zero-order chi connectivity index (χ0) is 16.5. The lowest BCUT2D eigenvalue weighted by molar-refractivity contribution is 0.112. The summed E-state index contributed by atoms with van der Waals surface area (Å²) < 4.78 is 0. The van der Waals surface area contributed by atoms with Crippen LogP contribution < -0.4 is 4.90 Å². The molecule has 0 aliphatic heterocycles. The summed E-state index contributed by atoms with van der Waals surface area (Å²) in [4.78, 5) is 13.0. The third-order valence-electron chi connectivity index (χ3n) is 3.51. The van der Waals surface area contributed by atoms with Gasteiger partial charge in [-0.05, 0) is 61.4 Å². The smallest absolute Gasteiger partial charge is 0.150 e. The predicted octanol–water partition coefficient (Wildman–Crippen LogP) is 5.54. The van der Waals surface area contributed by atoms with Crippen molar-refractivity contribution in [2.45, 2.75) is 26.7 Å². The Morgan fingerprint density at radius 2 is 1.30 bits per heavy atom. The second-order valence-corrected chi connectivity index (χ2v) is 5.41. The van der Waals surface area contributed by atoms with Crippen LogP contribution in [0.5, 0.6) is 0 Å². The second-order valence-electron chi connectivity index (χ2n) is 5.41. The van der Waals surface area contributed by atoms with Crippen LogP contribution in [0.1, 0.15) is 37.0 Å². The van der Waals surface area contributed by atoms with Crippen LogP contribution in [0.3, 0.4) is 0 Å². The van der Waals surface area contributed by atoms with Gasteiger partial charge in [-0.3, -0.25) is 4.79 Å². The molecule has 4 heteroatoms. The maximum Gasteiger partial charge on any atom is 0.150 e. The molecule has 2 rings (SSSR count). The highest BCUT2D eigenvalue weighted by Gasteiger charge is 2.03. The number of hydrogen-bond acceptors (Lipinski definition) is 4. The highest BCUT2D eigenvalue weighted by molar-refractivity contribution is 5.75. The molecule has 0 aromatic heterocycles. The standard InChI is InChI=1S/C19H23N3O/c1-3-13-22(14-4-2)19-11-9-18(10-12-19)21-20-17-7-5-16(15-23)6-8-17/h5-12,15H,3-4,13-14H2,1-2H3. The highest BCUT2D eigenvalue weighted by atomic mass is 16.1. The molecule has 0 N–H and O–H groups in total. The van der Waals surface area contributed by atoms with Crippen LogP contribution in [-0.4, -0.2) is 19.4 Å². The molecular formula is C19H23N3O. The van der Waals surface area contributed by atoms with E-state index in [1.807, 2.05) is 12.1 Å². The van der Waals surface area contributed by atoms with E-state index in [-0.39, 0.29) is 0 Å². The minimum atomic E-state index is 0.639. The Bertz CT molecular complexity index is 627. The maximum atomic E-state index is 10.6. The van der Waals surface area contributed by atoms with Gasteiger partial charge in [-0.2, -0.15) is 10.2 Å². The number of benzene rings is 2. The lowest BCUT2D eigenvalue weighted by Gasteiger charge is -2.23. The summed E-state index contributed by atoms with van der Waals surface area (Å²) in [5, 5.41) is 8.44. The number of nitrogens with zero attached hydrogens (tertiary/aromatic N) is 3. The summed E-state index contributed by atoms with van der Waals surface area (Å²) in [6.07, 6.45) is 3.09. The zero-order valence-corrected chi connectivity index (χ0v) is 13.8. The molecule has 0 heterocycles. The Kier molecular flexibility index (Phi) is 6.48. The SMILES string of the molecule is CCCN(CCC)c1ccc(N=Nc2ccc(C=O)cc2)cc1. The van der Waals surface area contributed by atoms with Gasteiger partial charge in [0.15, 0.2) is 0 Å². The van der Waals surface area contributed by atoms with Crippen molar-refractivity contribution in [2.24, 2.45) is 10.2 Å². The summed E-state index contributed by atoms with van der Waals surface area (Å²) in [6, 6.07) is 15.2. The van der Waals surface area contributed by atoms with Crippen molar-refractivity contribution in [3.8, 4) is 0 Å². The van der Waals surface area contributed by atoms with Crippen molar-refractivity contribution in [1.29, 1.82) is 0 Å². The molecular weight excluding hydrogens is 286 g/mol. The molecule has 120 valence electrons. The maximum absolute atomic E-state index is 10.6. The van der Waals surface area contributed by atoms with Gasteiger partial charge in [0.05, 0.1) is 11.4 Å². The Hall–Kier alpha value is -2.49. The fraction of sp³-hybridized carbons (Fsp3) is 0.316. The number of rotatable bonds is 8. The molecule has 0 aliphatic rings. The molecule has 0 atom stereocenters. The van der Waals surface area contributed by atoms with E-state index in [4.69, 9.17) is 0 Å². The molecule has 0 radical (unpaired) electrons. The molecule has 23 heavy (non-hydrogen) atoms. The molecule has 0 saturated carbocycles. The normalized spacial score (nSPS) is 10.9. The van der Waals surface area contributed by atoms with Gasteiger partial charge in [-0.1, -0.05) is 13.8 Å². The van der Waals surface area contributed by atoms with Gasteiger partial charge in [-0.15, -0.1) is 0 Å². The van der Waals surface area contributed by atoms with E-state index in [1.54, 1.807) is 24.3 Å². The number of anilines is 1. The summed E-state index contributed by atoms with van der Waals surface area (Å²) in [6.45, 7) is 6.53. The van der Waals surface area contributed by atoms with Crippen LogP contribution in [0.25, 0.3) is 0 Å². The van der Waals surface area contributed by atoms with Crippen molar-refractivity contribution in [1.82, 2.24) is 0 Å². The van der Waals surface area contributed by atoms with Crippen LogP contribution >= 0.6 is 0 Å². The molecule has 0 spiro atoms. The molecule has 0 amide bonds. The number of aldehydes is 1. The number of azo groups is 1. The molecule has 0 aliphatic carbocycles. The second kappa shape index (κ2) is 8.83. The first-order chi connectivity index (χ1) is 11.3. The number of carbonyl (C=O) groups excluding carboxylic acids is 1. The third kappa shape index (κ3) is 5.02. The van der Waals surface area contributed by atoms with Gasteiger partial charge in [0.2, 0.25) is 0 Å². The van der Waals surface area contributed by atoms with Crippen LogP contribution in [0, 0.1) is 0 Å². The van der Waals surface area contributed by atoms with Crippen molar-refractivity contribution < 1.29 is 4.79 Å². The van der Waals surface area contributed by atoms with Crippen molar-refractivity contribution >= 4 is 23.3 Å². The topological polar surface area (TPSA) is 45.0 Å². The fourth-order valence-corrected chi connectivity index (χ4v) is 2.37. The molecule has 0 fully saturated rings. The predicted molar refractivity (Wildman–Crippen MR) is 95.2 cm³/mol. The van der Waals surface area contributed by atoms with Gasteiger partial charge in [0.25, 0.3) is 0 Å². The molecule has 0 bridgehead atoms. The van der Waals surface area contributed by atoms with Crippen LogP contribution in [0.2, 0.25) is 0 Å². The van der Waals surface area contributed by atoms with E-state index in [0.717, 1.165) is 43.6 Å². The Labute approximate surface area is 137 Å². The minimum absolute atomic E-state index is 0.639. The Morgan fingerprint density at radius 1 is 0.826 bits per heavy atom. The summed E-state index contributed by atoms with van der Waals surface area (Å²) in [5.41, 5.74) is 3.42. The average Bonchev–Trinajstić information content (AvgIpc) is 2.61. The quantitative estimate of drug-likeness (QED) is 0.474. The molecule has 0 unspecified atom stereocenters. The van der Waals surface area contributed by atoms with E-state index < -0.39 is 0 Å². The number of carbonyl (C=O) groups is 1.